The van der Waals surface area contributed by atoms with Crippen LogP contribution in [0.5, 0.6) is 0 Å². The van der Waals surface area contributed by atoms with E-state index in [4.69, 9.17) is 5.73 Å². The second kappa shape index (κ2) is 6.32. The standard InChI is InChI=1S/C10H18BrFN4/c1-15(2)5-6-16-10(8(11)7-14-16)9(12)3-4-13/h7,9H,3-6,13H2,1-2H3. The summed E-state index contributed by atoms with van der Waals surface area (Å²) >= 11 is 3.32. The molecule has 0 aromatic carbocycles. The maximum absolute atomic E-state index is 13.8. The molecule has 1 heterocycles. The summed E-state index contributed by atoms with van der Waals surface area (Å²) in [5.74, 6) is 0. The Labute approximate surface area is 104 Å². The van der Waals surface area contributed by atoms with Crippen LogP contribution in [0.3, 0.4) is 0 Å². The van der Waals surface area contributed by atoms with Crippen molar-refractivity contribution in [2.45, 2.75) is 19.1 Å². The van der Waals surface area contributed by atoms with Gasteiger partial charge in [-0.25, -0.2) is 4.39 Å². The van der Waals surface area contributed by atoms with Gasteiger partial charge in [-0.3, -0.25) is 4.68 Å². The van der Waals surface area contributed by atoms with Gasteiger partial charge in [0.15, 0.2) is 0 Å². The average Bonchev–Trinajstić information content (AvgIpc) is 2.57. The SMILES string of the molecule is CN(C)CCn1ncc(Br)c1C(F)CCN. The van der Waals surface area contributed by atoms with E-state index in [1.54, 1.807) is 10.9 Å². The molecule has 0 aliphatic heterocycles. The van der Waals surface area contributed by atoms with Crippen molar-refractivity contribution in [2.75, 3.05) is 27.2 Å². The van der Waals surface area contributed by atoms with Crippen molar-refractivity contribution >= 4 is 15.9 Å². The van der Waals surface area contributed by atoms with Gasteiger partial charge < -0.3 is 10.6 Å². The van der Waals surface area contributed by atoms with Crippen LogP contribution in [-0.4, -0.2) is 41.9 Å². The Balaban J connectivity index is 2.76. The third-order valence-electron chi connectivity index (χ3n) is 2.31. The Morgan fingerprint density at radius 3 is 2.88 bits per heavy atom. The second-order valence-corrected chi connectivity index (χ2v) is 4.80. The maximum atomic E-state index is 13.8. The summed E-state index contributed by atoms with van der Waals surface area (Å²) in [4.78, 5) is 2.04. The average molecular weight is 293 g/mol. The fourth-order valence-electron chi connectivity index (χ4n) is 1.44. The van der Waals surface area contributed by atoms with Crippen LogP contribution in [0, 0.1) is 0 Å². The van der Waals surface area contributed by atoms with Crippen molar-refractivity contribution in [1.29, 1.82) is 0 Å². The summed E-state index contributed by atoms with van der Waals surface area (Å²) in [5, 5.41) is 4.15. The molecule has 1 aromatic rings. The molecule has 0 fully saturated rings. The lowest BCUT2D eigenvalue weighted by Gasteiger charge is -2.14. The van der Waals surface area contributed by atoms with Crippen molar-refractivity contribution < 1.29 is 4.39 Å². The number of nitrogens with zero attached hydrogens (tertiary/aromatic N) is 3. The van der Waals surface area contributed by atoms with E-state index in [9.17, 15) is 4.39 Å². The minimum atomic E-state index is -1.05. The predicted molar refractivity (Wildman–Crippen MR) is 66.0 cm³/mol. The topological polar surface area (TPSA) is 47.1 Å². The molecular formula is C10H18BrFN4. The van der Waals surface area contributed by atoms with Crippen molar-refractivity contribution in [1.82, 2.24) is 14.7 Å². The fraction of sp³-hybridized carbons (Fsp3) is 0.700. The Hall–Kier alpha value is -0.460. The van der Waals surface area contributed by atoms with Crippen LogP contribution >= 0.6 is 15.9 Å². The van der Waals surface area contributed by atoms with E-state index >= 15 is 0 Å². The van der Waals surface area contributed by atoms with Crippen molar-refractivity contribution in [3.8, 4) is 0 Å². The minimum Gasteiger partial charge on any atom is -0.330 e. The van der Waals surface area contributed by atoms with Gasteiger partial charge in [-0.2, -0.15) is 5.10 Å². The molecule has 2 N–H and O–H groups in total. The first-order chi connectivity index (χ1) is 7.56. The molecule has 0 spiro atoms. The van der Waals surface area contributed by atoms with E-state index in [2.05, 4.69) is 21.0 Å². The normalized spacial score (nSPS) is 13.4. The van der Waals surface area contributed by atoms with Gasteiger partial charge in [0.05, 0.1) is 22.9 Å². The minimum absolute atomic E-state index is 0.326. The van der Waals surface area contributed by atoms with Gasteiger partial charge in [-0.15, -0.1) is 0 Å². The lowest BCUT2D eigenvalue weighted by molar-refractivity contribution is 0.294. The zero-order valence-corrected chi connectivity index (χ0v) is 11.2. The Bertz CT molecular complexity index is 327. The number of aromatic nitrogens is 2. The molecule has 1 aromatic heterocycles. The molecular weight excluding hydrogens is 275 g/mol. The highest BCUT2D eigenvalue weighted by molar-refractivity contribution is 9.10. The summed E-state index contributed by atoms with van der Waals surface area (Å²) in [6.07, 6.45) is 0.907. The molecule has 0 aliphatic rings. The third kappa shape index (κ3) is 3.54. The number of likely N-dealkylation sites (N-methyl/N-ethyl adjacent to an activating group) is 1. The van der Waals surface area contributed by atoms with Crippen LogP contribution in [0.1, 0.15) is 18.3 Å². The van der Waals surface area contributed by atoms with E-state index in [-0.39, 0.29) is 0 Å². The molecule has 6 heteroatoms. The van der Waals surface area contributed by atoms with E-state index in [1.807, 2.05) is 19.0 Å². The van der Waals surface area contributed by atoms with Gasteiger partial charge in [0.25, 0.3) is 0 Å². The first kappa shape index (κ1) is 13.6. The highest BCUT2D eigenvalue weighted by Crippen LogP contribution is 2.28. The van der Waals surface area contributed by atoms with Gasteiger partial charge >= 0.3 is 0 Å². The maximum Gasteiger partial charge on any atom is 0.144 e. The van der Waals surface area contributed by atoms with E-state index in [1.165, 1.54) is 0 Å². The van der Waals surface area contributed by atoms with Crippen LogP contribution in [0.15, 0.2) is 10.7 Å². The Morgan fingerprint density at radius 1 is 1.62 bits per heavy atom. The van der Waals surface area contributed by atoms with Gasteiger partial charge in [-0.1, -0.05) is 0 Å². The number of rotatable bonds is 6. The van der Waals surface area contributed by atoms with Gasteiger partial charge in [0.2, 0.25) is 0 Å². The van der Waals surface area contributed by atoms with E-state index in [0.717, 1.165) is 6.54 Å². The molecule has 16 heavy (non-hydrogen) atoms. The zero-order chi connectivity index (χ0) is 12.1. The molecule has 0 amide bonds. The van der Waals surface area contributed by atoms with Crippen LogP contribution < -0.4 is 5.73 Å². The van der Waals surface area contributed by atoms with Gasteiger partial charge in [0, 0.05) is 6.54 Å². The van der Waals surface area contributed by atoms with Gasteiger partial charge in [0.1, 0.15) is 6.17 Å². The molecule has 1 unspecified atom stereocenters. The van der Waals surface area contributed by atoms with E-state index < -0.39 is 6.17 Å². The summed E-state index contributed by atoms with van der Waals surface area (Å²) in [6.45, 7) is 1.85. The van der Waals surface area contributed by atoms with E-state index in [0.29, 0.717) is 29.7 Å². The Morgan fingerprint density at radius 2 is 2.31 bits per heavy atom. The number of hydrogen-bond donors (Lipinski definition) is 1. The first-order valence-electron chi connectivity index (χ1n) is 5.26. The molecule has 0 aliphatic carbocycles. The molecule has 0 radical (unpaired) electrons. The number of alkyl halides is 1. The number of nitrogens with two attached hydrogens (primary N) is 1. The Kier molecular flexibility index (Phi) is 5.37. The molecule has 1 atom stereocenters. The fourth-order valence-corrected chi connectivity index (χ4v) is 1.98. The molecule has 1 rings (SSSR count). The summed E-state index contributed by atoms with van der Waals surface area (Å²) < 4.78 is 16.2. The predicted octanol–water partition coefficient (Wildman–Crippen LogP) is 1.57. The lowest BCUT2D eigenvalue weighted by Crippen LogP contribution is -2.21. The van der Waals surface area contributed by atoms with Crippen molar-refractivity contribution in [2.24, 2.45) is 5.73 Å². The molecule has 0 saturated carbocycles. The third-order valence-corrected chi connectivity index (χ3v) is 2.92. The monoisotopic (exact) mass is 292 g/mol. The van der Waals surface area contributed by atoms with Crippen LogP contribution in [0.4, 0.5) is 4.39 Å². The highest BCUT2D eigenvalue weighted by Gasteiger charge is 2.18. The van der Waals surface area contributed by atoms with Gasteiger partial charge in [-0.05, 0) is 43.0 Å². The van der Waals surface area contributed by atoms with Crippen LogP contribution in [0.25, 0.3) is 0 Å². The quantitative estimate of drug-likeness (QED) is 0.866. The summed E-state index contributed by atoms with van der Waals surface area (Å²) in [7, 11) is 3.95. The van der Waals surface area contributed by atoms with Crippen molar-refractivity contribution in [3.05, 3.63) is 16.4 Å². The van der Waals surface area contributed by atoms with Crippen LogP contribution in [0.2, 0.25) is 0 Å². The number of halogens is 2. The molecule has 0 saturated heterocycles. The summed E-state index contributed by atoms with van der Waals surface area (Å²) in [6, 6.07) is 0. The molecule has 92 valence electrons. The smallest absolute Gasteiger partial charge is 0.144 e. The molecule has 4 nitrogen and oxygen atoms in total. The highest BCUT2D eigenvalue weighted by atomic mass is 79.9. The molecule has 0 bridgehead atoms. The first-order valence-corrected chi connectivity index (χ1v) is 6.05. The number of hydrogen-bond acceptors (Lipinski definition) is 3. The second-order valence-electron chi connectivity index (χ2n) is 3.95. The van der Waals surface area contributed by atoms with Crippen LogP contribution in [-0.2, 0) is 6.54 Å². The van der Waals surface area contributed by atoms with Crippen molar-refractivity contribution in [3.63, 3.8) is 0 Å². The lowest BCUT2D eigenvalue weighted by atomic mass is 10.2. The summed E-state index contributed by atoms with van der Waals surface area (Å²) in [5.41, 5.74) is 5.95. The largest absolute Gasteiger partial charge is 0.330 e. The zero-order valence-electron chi connectivity index (χ0n) is 9.66.